The molecule has 0 aliphatic heterocycles. The minimum atomic E-state index is 0.758. The van der Waals surface area contributed by atoms with E-state index >= 15 is 0 Å². The van der Waals surface area contributed by atoms with Crippen molar-refractivity contribution < 1.29 is 4.74 Å². The largest absolute Gasteiger partial charge is 0.383 e. The van der Waals surface area contributed by atoms with Crippen LogP contribution in [0.3, 0.4) is 0 Å². The van der Waals surface area contributed by atoms with E-state index in [-0.39, 0.29) is 0 Å². The third kappa shape index (κ3) is 4.27. The molecule has 0 saturated heterocycles. The van der Waals surface area contributed by atoms with Crippen LogP contribution in [0.15, 0.2) is 30.3 Å². The number of methoxy groups -OCH3 is 1. The molecular formula is C16H23N3O. The standard InChI is InChI=1S/C16H23N3O/c1-13-11-14(12-18-8-7-17-9-10-20-2)15-5-3-4-6-16(15)19-13/h3-6,11,17-18H,7-10,12H2,1-2H3. The molecule has 0 bridgehead atoms. The first-order valence-corrected chi connectivity index (χ1v) is 7.07. The van der Waals surface area contributed by atoms with Crippen molar-refractivity contribution in [3.05, 3.63) is 41.6 Å². The van der Waals surface area contributed by atoms with Crippen LogP contribution in [-0.4, -0.2) is 38.3 Å². The minimum absolute atomic E-state index is 0.758. The molecular weight excluding hydrogens is 250 g/mol. The highest BCUT2D eigenvalue weighted by Crippen LogP contribution is 2.17. The van der Waals surface area contributed by atoms with Gasteiger partial charge in [0, 0.05) is 44.4 Å². The van der Waals surface area contributed by atoms with E-state index in [9.17, 15) is 0 Å². The number of benzene rings is 1. The zero-order valence-electron chi connectivity index (χ0n) is 12.3. The van der Waals surface area contributed by atoms with Crippen molar-refractivity contribution in [1.82, 2.24) is 15.6 Å². The summed E-state index contributed by atoms with van der Waals surface area (Å²) in [5.74, 6) is 0. The number of para-hydroxylation sites is 1. The van der Waals surface area contributed by atoms with Crippen LogP contribution in [0.4, 0.5) is 0 Å². The van der Waals surface area contributed by atoms with E-state index in [0.29, 0.717) is 0 Å². The lowest BCUT2D eigenvalue weighted by Gasteiger charge is -2.10. The third-order valence-corrected chi connectivity index (χ3v) is 3.21. The van der Waals surface area contributed by atoms with Gasteiger partial charge < -0.3 is 15.4 Å². The predicted molar refractivity (Wildman–Crippen MR) is 82.9 cm³/mol. The first kappa shape index (κ1) is 14.9. The zero-order chi connectivity index (χ0) is 14.2. The van der Waals surface area contributed by atoms with E-state index in [1.54, 1.807) is 7.11 Å². The molecule has 2 rings (SSSR count). The summed E-state index contributed by atoms with van der Waals surface area (Å²) < 4.78 is 4.99. The van der Waals surface area contributed by atoms with Gasteiger partial charge in [0.1, 0.15) is 0 Å². The topological polar surface area (TPSA) is 46.2 Å². The fourth-order valence-corrected chi connectivity index (χ4v) is 2.24. The van der Waals surface area contributed by atoms with E-state index in [2.05, 4.69) is 39.9 Å². The lowest BCUT2D eigenvalue weighted by atomic mass is 10.1. The van der Waals surface area contributed by atoms with E-state index < -0.39 is 0 Å². The van der Waals surface area contributed by atoms with Gasteiger partial charge in [-0.2, -0.15) is 0 Å². The highest BCUT2D eigenvalue weighted by Gasteiger charge is 2.02. The second-order valence-electron chi connectivity index (χ2n) is 4.86. The van der Waals surface area contributed by atoms with Gasteiger partial charge in [-0.3, -0.25) is 4.98 Å². The Balaban J connectivity index is 1.86. The summed E-state index contributed by atoms with van der Waals surface area (Å²) in [5, 5.41) is 8.02. The van der Waals surface area contributed by atoms with Crippen molar-refractivity contribution in [2.75, 3.05) is 33.4 Å². The van der Waals surface area contributed by atoms with Crippen LogP contribution in [0.2, 0.25) is 0 Å². The van der Waals surface area contributed by atoms with Crippen molar-refractivity contribution >= 4 is 10.9 Å². The Morgan fingerprint density at radius 2 is 1.90 bits per heavy atom. The first-order valence-electron chi connectivity index (χ1n) is 7.07. The number of aromatic nitrogens is 1. The van der Waals surface area contributed by atoms with Crippen LogP contribution in [0.5, 0.6) is 0 Å². The Morgan fingerprint density at radius 3 is 2.75 bits per heavy atom. The van der Waals surface area contributed by atoms with Crippen molar-refractivity contribution in [1.29, 1.82) is 0 Å². The van der Waals surface area contributed by atoms with Crippen LogP contribution < -0.4 is 10.6 Å². The lowest BCUT2D eigenvalue weighted by molar-refractivity contribution is 0.199. The van der Waals surface area contributed by atoms with Crippen LogP contribution in [-0.2, 0) is 11.3 Å². The van der Waals surface area contributed by atoms with Gasteiger partial charge in [-0.05, 0) is 24.6 Å². The van der Waals surface area contributed by atoms with Gasteiger partial charge in [0.15, 0.2) is 0 Å². The predicted octanol–water partition coefficient (Wildman–Crippen LogP) is 1.87. The summed E-state index contributed by atoms with van der Waals surface area (Å²) in [6.45, 7) is 6.46. The van der Waals surface area contributed by atoms with Gasteiger partial charge in [0.25, 0.3) is 0 Å². The summed E-state index contributed by atoms with van der Waals surface area (Å²) in [5.41, 5.74) is 3.45. The Labute approximate surface area is 120 Å². The summed E-state index contributed by atoms with van der Waals surface area (Å²) in [6, 6.07) is 10.5. The van der Waals surface area contributed by atoms with Gasteiger partial charge in [-0.1, -0.05) is 18.2 Å². The van der Waals surface area contributed by atoms with Crippen molar-refractivity contribution in [2.45, 2.75) is 13.5 Å². The number of ether oxygens (including phenoxy) is 1. The smallest absolute Gasteiger partial charge is 0.0708 e. The highest BCUT2D eigenvalue weighted by molar-refractivity contribution is 5.82. The van der Waals surface area contributed by atoms with Crippen LogP contribution in [0, 0.1) is 6.92 Å². The first-order chi connectivity index (χ1) is 9.81. The molecule has 0 saturated carbocycles. The molecule has 2 N–H and O–H groups in total. The Kier molecular flexibility index (Phi) is 5.92. The highest BCUT2D eigenvalue weighted by atomic mass is 16.5. The molecule has 1 aromatic heterocycles. The number of hydrogen-bond acceptors (Lipinski definition) is 4. The molecule has 4 nitrogen and oxygen atoms in total. The Bertz CT molecular complexity index is 542. The molecule has 0 spiro atoms. The SMILES string of the molecule is COCCNCCNCc1cc(C)nc2ccccc12. The second-order valence-corrected chi connectivity index (χ2v) is 4.86. The fraction of sp³-hybridized carbons (Fsp3) is 0.438. The summed E-state index contributed by atoms with van der Waals surface area (Å²) in [6.07, 6.45) is 0. The number of nitrogens with one attached hydrogen (secondary N) is 2. The van der Waals surface area contributed by atoms with Gasteiger partial charge in [-0.25, -0.2) is 0 Å². The van der Waals surface area contributed by atoms with Crippen molar-refractivity contribution in [3.63, 3.8) is 0 Å². The molecule has 0 amide bonds. The van der Waals surface area contributed by atoms with Gasteiger partial charge in [-0.15, -0.1) is 0 Å². The maximum atomic E-state index is 4.99. The van der Waals surface area contributed by atoms with E-state index in [4.69, 9.17) is 4.74 Å². The molecule has 0 aliphatic carbocycles. The molecule has 2 aromatic rings. The molecule has 0 radical (unpaired) electrons. The van der Waals surface area contributed by atoms with Crippen molar-refractivity contribution in [3.8, 4) is 0 Å². The van der Waals surface area contributed by atoms with Crippen molar-refractivity contribution in [2.24, 2.45) is 0 Å². The minimum Gasteiger partial charge on any atom is -0.383 e. The maximum absolute atomic E-state index is 4.99. The van der Waals surface area contributed by atoms with Crippen LogP contribution in [0.1, 0.15) is 11.3 Å². The van der Waals surface area contributed by atoms with Gasteiger partial charge in [0.2, 0.25) is 0 Å². The zero-order valence-corrected chi connectivity index (χ0v) is 12.3. The number of pyridine rings is 1. The molecule has 20 heavy (non-hydrogen) atoms. The number of nitrogens with zero attached hydrogens (tertiary/aromatic N) is 1. The van der Waals surface area contributed by atoms with Gasteiger partial charge in [0.05, 0.1) is 12.1 Å². The molecule has 0 atom stereocenters. The molecule has 1 aromatic carbocycles. The fourth-order valence-electron chi connectivity index (χ4n) is 2.24. The normalized spacial score (nSPS) is 11.1. The van der Waals surface area contributed by atoms with E-state index in [1.807, 2.05) is 13.0 Å². The molecule has 0 aliphatic rings. The van der Waals surface area contributed by atoms with Crippen LogP contribution in [0.25, 0.3) is 10.9 Å². The summed E-state index contributed by atoms with van der Waals surface area (Å²) >= 11 is 0. The monoisotopic (exact) mass is 273 g/mol. The molecule has 1 heterocycles. The Hall–Kier alpha value is -1.49. The average Bonchev–Trinajstić information content (AvgIpc) is 2.46. The average molecular weight is 273 g/mol. The second kappa shape index (κ2) is 7.94. The van der Waals surface area contributed by atoms with Crippen LogP contribution >= 0.6 is 0 Å². The molecule has 0 fully saturated rings. The van der Waals surface area contributed by atoms with Gasteiger partial charge >= 0.3 is 0 Å². The number of rotatable bonds is 8. The Morgan fingerprint density at radius 1 is 1.10 bits per heavy atom. The molecule has 0 unspecified atom stereocenters. The third-order valence-electron chi connectivity index (χ3n) is 3.21. The molecule has 4 heteroatoms. The molecule has 108 valence electrons. The lowest BCUT2D eigenvalue weighted by Crippen LogP contribution is -2.29. The quantitative estimate of drug-likeness (QED) is 0.721. The number of hydrogen-bond donors (Lipinski definition) is 2. The van der Waals surface area contributed by atoms with E-state index in [0.717, 1.165) is 44.0 Å². The maximum Gasteiger partial charge on any atom is 0.0708 e. The summed E-state index contributed by atoms with van der Waals surface area (Å²) in [7, 11) is 1.72. The summed E-state index contributed by atoms with van der Waals surface area (Å²) in [4.78, 5) is 4.56. The number of fused-ring (bicyclic) bond motifs is 1. The van der Waals surface area contributed by atoms with E-state index in [1.165, 1.54) is 10.9 Å². The number of aryl methyl sites for hydroxylation is 1.